The van der Waals surface area contributed by atoms with Crippen molar-refractivity contribution >= 4 is 40.9 Å². The van der Waals surface area contributed by atoms with E-state index in [2.05, 4.69) is 10.6 Å². The fourth-order valence-electron chi connectivity index (χ4n) is 1.62. The standard InChI is InChI=1S/C12H12ClFN2O2S/c13-8-5-7(1-2-9(8)14)15-12(18)10-6-19-4-3-11(17)16-10/h1-2,5,10H,3-4,6H2,(H,15,18)(H,16,17)/t10-/m1/s1. The highest BCUT2D eigenvalue weighted by Crippen LogP contribution is 2.20. The van der Waals surface area contributed by atoms with Crippen LogP contribution in [0.15, 0.2) is 18.2 Å². The second-order valence-corrected chi connectivity index (χ2v) is 5.62. The Hall–Kier alpha value is -1.27. The molecule has 0 radical (unpaired) electrons. The zero-order valence-corrected chi connectivity index (χ0v) is 11.5. The summed E-state index contributed by atoms with van der Waals surface area (Å²) in [6.45, 7) is 0. The van der Waals surface area contributed by atoms with Gasteiger partial charge in [-0.3, -0.25) is 9.59 Å². The van der Waals surface area contributed by atoms with Crippen LogP contribution < -0.4 is 10.6 Å². The smallest absolute Gasteiger partial charge is 0.247 e. The second kappa shape index (κ2) is 6.25. The van der Waals surface area contributed by atoms with Crippen molar-refractivity contribution in [2.24, 2.45) is 0 Å². The minimum atomic E-state index is -0.580. The number of hydrogen-bond acceptors (Lipinski definition) is 3. The molecule has 0 bridgehead atoms. The Balaban J connectivity index is 2.03. The maximum atomic E-state index is 13.0. The van der Waals surface area contributed by atoms with Crippen molar-refractivity contribution in [3.05, 3.63) is 29.0 Å². The quantitative estimate of drug-likeness (QED) is 0.879. The first-order chi connectivity index (χ1) is 9.06. The van der Waals surface area contributed by atoms with Crippen LogP contribution in [0.5, 0.6) is 0 Å². The predicted molar refractivity (Wildman–Crippen MR) is 73.9 cm³/mol. The third kappa shape index (κ3) is 3.84. The number of carbonyl (C=O) groups is 2. The van der Waals surface area contributed by atoms with Crippen molar-refractivity contribution in [2.75, 3.05) is 16.8 Å². The first-order valence-electron chi connectivity index (χ1n) is 5.69. The molecule has 0 unspecified atom stereocenters. The van der Waals surface area contributed by atoms with Crippen molar-refractivity contribution in [3.8, 4) is 0 Å². The summed E-state index contributed by atoms with van der Waals surface area (Å²) in [4.78, 5) is 23.4. The highest BCUT2D eigenvalue weighted by molar-refractivity contribution is 7.99. The summed E-state index contributed by atoms with van der Waals surface area (Å²) in [6, 6.07) is 3.35. The van der Waals surface area contributed by atoms with Crippen LogP contribution in [0.1, 0.15) is 6.42 Å². The van der Waals surface area contributed by atoms with Crippen LogP contribution >= 0.6 is 23.4 Å². The molecule has 2 amide bonds. The van der Waals surface area contributed by atoms with Gasteiger partial charge in [-0.2, -0.15) is 11.8 Å². The monoisotopic (exact) mass is 302 g/mol. The molecule has 1 saturated heterocycles. The molecule has 0 aliphatic carbocycles. The minimum absolute atomic E-state index is 0.0583. The summed E-state index contributed by atoms with van der Waals surface area (Å²) >= 11 is 7.17. The summed E-state index contributed by atoms with van der Waals surface area (Å²) in [7, 11) is 0. The van der Waals surface area contributed by atoms with E-state index in [1.54, 1.807) is 11.8 Å². The number of rotatable bonds is 2. The molecule has 1 aromatic rings. The van der Waals surface area contributed by atoms with E-state index in [0.29, 0.717) is 23.6 Å². The molecule has 2 rings (SSSR count). The molecule has 2 N–H and O–H groups in total. The molecule has 1 atom stereocenters. The van der Waals surface area contributed by atoms with Crippen molar-refractivity contribution in [3.63, 3.8) is 0 Å². The maximum Gasteiger partial charge on any atom is 0.247 e. The number of thioether (sulfide) groups is 1. The van der Waals surface area contributed by atoms with Gasteiger partial charge in [-0.25, -0.2) is 4.39 Å². The normalized spacial score (nSPS) is 19.5. The van der Waals surface area contributed by atoms with E-state index in [0.717, 1.165) is 0 Å². The van der Waals surface area contributed by atoms with Gasteiger partial charge < -0.3 is 10.6 Å². The summed E-state index contributed by atoms with van der Waals surface area (Å²) in [6.07, 6.45) is 0.414. The van der Waals surface area contributed by atoms with E-state index >= 15 is 0 Å². The van der Waals surface area contributed by atoms with Crippen LogP contribution in [0.4, 0.5) is 10.1 Å². The number of halogens is 2. The molecule has 0 saturated carbocycles. The average molecular weight is 303 g/mol. The van der Waals surface area contributed by atoms with Gasteiger partial charge in [0.1, 0.15) is 11.9 Å². The van der Waals surface area contributed by atoms with Crippen LogP contribution in [0.3, 0.4) is 0 Å². The van der Waals surface area contributed by atoms with E-state index in [1.807, 2.05) is 0 Å². The van der Waals surface area contributed by atoms with Crippen LogP contribution in [0, 0.1) is 5.82 Å². The van der Waals surface area contributed by atoms with Crippen molar-refractivity contribution in [2.45, 2.75) is 12.5 Å². The molecule has 4 nitrogen and oxygen atoms in total. The summed E-state index contributed by atoms with van der Waals surface area (Å²) in [5.41, 5.74) is 0.403. The lowest BCUT2D eigenvalue weighted by Gasteiger charge is -2.15. The lowest BCUT2D eigenvalue weighted by Crippen LogP contribution is -2.44. The minimum Gasteiger partial charge on any atom is -0.343 e. The van der Waals surface area contributed by atoms with Crippen molar-refractivity contribution in [1.82, 2.24) is 5.32 Å². The van der Waals surface area contributed by atoms with Gasteiger partial charge in [0.25, 0.3) is 0 Å². The number of amides is 2. The SMILES string of the molecule is O=C1CCSC[C@H](C(=O)Nc2ccc(F)c(Cl)c2)N1. The largest absolute Gasteiger partial charge is 0.343 e. The number of nitrogens with one attached hydrogen (secondary N) is 2. The lowest BCUT2D eigenvalue weighted by molar-refractivity contribution is -0.125. The molecule has 7 heteroatoms. The highest BCUT2D eigenvalue weighted by Gasteiger charge is 2.23. The van der Waals surface area contributed by atoms with E-state index in [1.165, 1.54) is 18.2 Å². The molecular weight excluding hydrogens is 291 g/mol. The molecule has 1 aliphatic rings. The Bertz CT molecular complexity index is 513. The molecule has 1 aliphatic heterocycles. The third-order valence-electron chi connectivity index (χ3n) is 2.60. The van der Waals surface area contributed by atoms with Gasteiger partial charge in [0, 0.05) is 23.6 Å². The molecule has 1 heterocycles. The Morgan fingerprint density at radius 2 is 2.32 bits per heavy atom. The van der Waals surface area contributed by atoms with Crippen molar-refractivity contribution in [1.29, 1.82) is 0 Å². The van der Waals surface area contributed by atoms with Crippen LogP contribution in [0.25, 0.3) is 0 Å². The molecule has 19 heavy (non-hydrogen) atoms. The molecule has 1 fully saturated rings. The van der Waals surface area contributed by atoms with Crippen LogP contribution in [0.2, 0.25) is 5.02 Å². The summed E-state index contributed by atoms with van der Waals surface area (Å²) < 4.78 is 13.0. The average Bonchev–Trinajstić information content (AvgIpc) is 2.58. The van der Waals surface area contributed by atoms with Gasteiger partial charge in [0.2, 0.25) is 11.8 Å². The number of anilines is 1. The highest BCUT2D eigenvalue weighted by atomic mass is 35.5. The molecular formula is C12H12ClFN2O2S. The number of benzene rings is 1. The van der Waals surface area contributed by atoms with E-state index in [-0.39, 0.29) is 16.8 Å². The van der Waals surface area contributed by atoms with Crippen molar-refractivity contribution < 1.29 is 14.0 Å². The first kappa shape index (κ1) is 14.1. The van der Waals surface area contributed by atoms with Crippen LogP contribution in [-0.4, -0.2) is 29.4 Å². The van der Waals surface area contributed by atoms with Gasteiger partial charge in [0.15, 0.2) is 0 Å². The molecule has 102 valence electrons. The van der Waals surface area contributed by atoms with Crippen LogP contribution in [-0.2, 0) is 9.59 Å². The Morgan fingerprint density at radius 1 is 1.53 bits per heavy atom. The second-order valence-electron chi connectivity index (χ2n) is 4.06. The lowest BCUT2D eigenvalue weighted by atomic mass is 10.2. The summed E-state index contributed by atoms with van der Waals surface area (Å²) in [5, 5.41) is 5.20. The van der Waals surface area contributed by atoms with Gasteiger partial charge >= 0.3 is 0 Å². The maximum absolute atomic E-state index is 13.0. The Labute approximate surface area is 119 Å². The fourth-order valence-corrected chi connectivity index (χ4v) is 2.77. The molecule has 0 aromatic heterocycles. The van der Waals surface area contributed by atoms with E-state index in [9.17, 15) is 14.0 Å². The first-order valence-corrected chi connectivity index (χ1v) is 7.22. The zero-order chi connectivity index (χ0) is 13.8. The zero-order valence-electron chi connectivity index (χ0n) is 9.91. The van der Waals surface area contributed by atoms with Gasteiger partial charge in [-0.15, -0.1) is 0 Å². The van der Waals surface area contributed by atoms with Gasteiger partial charge in [0.05, 0.1) is 5.02 Å². The predicted octanol–water partition coefficient (Wildman–Crippen LogP) is 2.04. The number of hydrogen-bond donors (Lipinski definition) is 2. The molecule has 1 aromatic carbocycles. The Morgan fingerprint density at radius 3 is 3.05 bits per heavy atom. The van der Waals surface area contributed by atoms with Gasteiger partial charge in [-0.1, -0.05) is 11.6 Å². The summed E-state index contributed by atoms with van der Waals surface area (Å²) in [5.74, 6) is 0.218. The van der Waals surface area contributed by atoms with E-state index < -0.39 is 11.9 Å². The fraction of sp³-hybridized carbons (Fsp3) is 0.333. The van der Waals surface area contributed by atoms with E-state index in [4.69, 9.17) is 11.6 Å². The van der Waals surface area contributed by atoms with Gasteiger partial charge in [-0.05, 0) is 18.2 Å². The number of carbonyl (C=O) groups excluding carboxylic acids is 2. The Kier molecular flexibility index (Phi) is 4.66. The molecule has 0 spiro atoms. The third-order valence-corrected chi connectivity index (χ3v) is 3.95. The topological polar surface area (TPSA) is 58.2 Å².